The third kappa shape index (κ3) is 4.07. The summed E-state index contributed by atoms with van der Waals surface area (Å²) in [5.74, 6) is 0.322. The van der Waals surface area contributed by atoms with Gasteiger partial charge in [-0.15, -0.1) is 0 Å². The number of benzene rings is 1. The SMILES string of the molecule is CCC(NCC=C(C)C)c1ccc(O)cc1. The smallest absolute Gasteiger partial charge is 0.115 e. The number of rotatable bonds is 5. The monoisotopic (exact) mass is 219 g/mol. The van der Waals surface area contributed by atoms with Crippen molar-refractivity contribution in [3.05, 3.63) is 41.5 Å². The highest BCUT2D eigenvalue weighted by atomic mass is 16.3. The molecule has 2 heteroatoms. The van der Waals surface area contributed by atoms with Gasteiger partial charge in [0.15, 0.2) is 0 Å². The van der Waals surface area contributed by atoms with Gasteiger partial charge in [-0.05, 0) is 38.0 Å². The molecule has 0 radical (unpaired) electrons. The van der Waals surface area contributed by atoms with Crippen molar-refractivity contribution in [2.75, 3.05) is 6.54 Å². The summed E-state index contributed by atoms with van der Waals surface area (Å²) in [5, 5.41) is 12.7. The molecular weight excluding hydrogens is 198 g/mol. The van der Waals surface area contributed by atoms with Gasteiger partial charge in [0.05, 0.1) is 0 Å². The lowest BCUT2D eigenvalue weighted by Crippen LogP contribution is -2.20. The fraction of sp³-hybridized carbons (Fsp3) is 0.429. The van der Waals surface area contributed by atoms with Gasteiger partial charge in [-0.3, -0.25) is 0 Å². The van der Waals surface area contributed by atoms with E-state index in [0.29, 0.717) is 11.8 Å². The number of nitrogens with one attached hydrogen (secondary N) is 1. The first-order chi connectivity index (χ1) is 7.63. The molecule has 1 aromatic carbocycles. The van der Waals surface area contributed by atoms with Crippen LogP contribution in [0, 0.1) is 0 Å². The van der Waals surface area contributed by atoms with Gasteiger partial charge in [-0.25, -0.2) is 0 Å². The fourth-order valence-corrected chi connectivity index (χ4v) is 1.61. The Bertz CT molecular complexity index is 336. The molecule has 0 amide bonds. The van der Waals surface area contributed by atoms with Gasteiger partial charge in [-0.1, -0.05) is 30.7 Å². The van der Waals surface area contributed by atoms with E-state index in [1.165, 1.54) is 11.1 Å². The summed E-state index contributed by atoms with van der Waals surface area (Å²) in [6.07, 6.45) is 3.23. The van der Waals surface area contributed by atoms with Crippen LogP contribution in [0.25, 0.3) is 0 Å². The van der Waals surface area contributed by atoms with Crippen molar-refractivity contribution in [1.82, 2.24) is 5.32 Å². The van der Waals surface area contributed by atoms with Crippen molar-refractivity contribution < 1.29 is 5.11 Å². The number of allylic oxidation sites excluding steroid dienone is 1. The summed E-state index contributed by atoms with van der Waals surface area (Å²) in [5.41, 5.74) is 2.55. The van der Waals surface area contributed by atoms with Crippen LogP contribution in [-0.4, -0.2) is 11.7 Å². The molecule has 0 aliphatic rings. The van der Waals surface area contributed by atoms with Crippen LogP contribution in [0.15, 0.2) is 35.9 Å². The molecule has 0 aromatic heterocycles. The minimum Gasteiger partial charge on any atom is -0.508 e. The van der Waals surface area contributed by atoms with Crippen molar-refractivity contribution in [3.8, 4) is 5.75 Å². The maximum Gasteiger partial charge on any atom is 0.115 e. The van der Waals surface area contributed by atoms with Crippen LogP contribution in [0.3, 0.4) is 0 Å². The molecule has 1 aromatic rings. The standard InChI is InChI=1S/C14H21NO/c1-4-14(15-10-9-11(2)3)12-5-7-13(16)8-6-12/h5-9,14-16H,4,10H2,1-3H3. The Balaban J connectivity index is 2.60. The van der Waals surface area contributed by atoms with Gasteiger partial charge in [0.2, 0.25) is 0 Å². The lowest BCUT2D eigenvalue weighted by atomic mass is 10.0. The Morgan fingerprint density at radius 3 is 2.44 bits per heavy atom. The summed E-state index contributed by atoms with van der Waals surface area (Å²) in [6, 6.07) is 7.77. The number of phenolic OH excluding ortho intramolecular Hbond substituents is 1. The molecule has 16 heavy (non-hydrogen) atoms. The first kappa shape index (κ1) is 12.8. The molecule has 0 bridgehead atoms. The molecule has 1 atom stereocenters. The predicted molar refractivity (Wildman–Crippen MR) is 68.6 cm³/mol. The van der Waals surface area contributed by atoms with Gasteiger partial charge in [0, 0.05) is 12.6 Å². The summed E-state index contributed by atoms with van der Waals surface area (Å²) in [4.78, 5) is 0. The Kier molecular flexibility index (Phi) is 5.06. The van der Waals surface area contributed by atoms with Crippen LogP contribution >= 0.6 is 0 Å². The fourth-order valence-electron chi connectivity index (χ4n) is 1.61. The first-order valence-electron chi connectivity index (χ1n) is 5.79. The lowest BCUT2D eigenvalue weighted by molar-refractivity contribution is 0.474. The highest BCUT2D eigenvalue weighted by Gasteiger charge is 2.06. The van der Waals surface area contributed by atoms with Crippen molar-refractivity contribution in [2.24, 2.45) is 0 Å². The topological polar surface area (TPSA) is 32.3 Å². The van der Waals surface area contributed by atoms with Gasteiger partial charge >= 0.3 is 0 Å². The zero-order valence-electron chi connectivity index (χ0n) is 10.3. The zero-order valence-corrected chi connectivity index (χ0v) is 10.3. The minimum atomic E-state index is 0.322. The number of hydrogen-bond donors (Lipinski definition) is 2. The van der Waals surface area contributed by atoms with Crippen molar-refractivity contribution >= 4 is 0 Å². The van der Waals surface area contributed by atoms with Crippen LogP contribution in [0.4, 0.5) is 0 Å². The predicted octanol–water partition coefficient (Wildman–Crippen LogP) is 3.40. The van der Waals surface area contributed by atoms with Gasteiger partial charge in [0.1, 0.15) is 5.75 Å². The second kappa shape index (κ2) is 6.33. The summed E-state index contributed by atoms with van der Waals surface area (Å²) in [7, 11) is 0. The largest absolute Gasteiger partial charge is 0.508 e. The quantitative estimate of drug-likeness (QED) is 0.744. The number of aromatic hydroxyl groups is 1. The molecule has 1 unspecified atom stereocenters. The van der Waals surface area contributed by atoms with Crippen molar-refractivity contribution in [1.29, 1.82) is 0 Å². The molecule has 0 aliphatic carbocycles. The summed E-state index contributed by atoms with van der Waals surface area (Å²) >= 11 is 0. The highest BCUT2D eigenvalue weighted by molar-refractivity contribution is 5.28. The molecule has 2 N–H and O–H groups in total. The third-order valence-electron chi connectivity index (χ3n) is 2.58. The second-order valence-corrected chi connectivity index (χ2v) is 4.24. The molecule has 0 fully saturated rings. The van der Waals surface area contributed by atoms with E-state index < -0.39 is 0 Å². The van der Waals surface area contributed by atoms with Crippen LogP contribution in [0.2, 0.25) is 0 Å². The second-order valence-electron chi connectivity index (χ2n) is 4.24. The lowest BCUT2D eigenvalue weighted by Gasteiger charge is -2.16. The van der Waals surface area contributed by atoms with E-state index in [1.54, 1.807) is 12.1 Å². The summed E-state index contributed by atoms with van der Waals surface area (Å²) in [6.45, 7) is 7.25. The van der Waals surface area contributed by atoms with E-state index in [4.69, 9.17) is 0 Å². The Labute approximate surface area is 98.0 Å². The molecule has 0 saturated carbocycles. The minimum absolute atomic E-state index is 0.322. The average Bonchev–Trinajstić information content (AvgIpc) is 2.26. The summed E-state index contributed by atoms with van der Waals surface area (Å²) < 4.78 is 0. The molecule has 1 rings (SSSR count). The van der Waals surface area contributed by atoms with E-state index in [0.717, 1.165) is 13.0 Å². The third-order valence-corrected chi connectivity index (χ3v) is 2.58. The van der Waals surface area contributed by atoms with Crippen LogP contribution in [0.1, 0.15) is 38.8 Å². The van der Waals surface area contributed by atoms with E-state index in [-0.39, 0.29) is 0 Å². The molecular formula is C14H21NO. The maximum atomic E-state index is 9.23. The van der Waals surface area contributed by atoms with Crippen molar-refractivity contribution in [3.63, 3.8) is 0 Å². The van der Waals surface area contributed by atoms with Crippen LogP contribution < -0.4 is 5.32 Å². The zero-order chi connectivity index (χ0) is 12.0. The molecule has 0 heterocycles. The maximum absolute atomic E-state index is 9.23. The molecule has 2 nitrogen and oxygen atoms in total. The molecule has 0 saturated heterocycles. The Morgan fingerprint density at radius 2 is 1.94 bits per heavy atom. The van der Waals surface area contributed by atoms with Gasteiger partial charge in [0.25, 0.3) is 0 Å². The van der Waals surface area contributed by atoms with E-state index in [9.17, 15) is 5.11 Å². The Hall–Kier alpha value is -1.28. The van der Waals surface area contributed by atoms with E-state index in [1.807, 2.05) is 12.1 Å². The van der Waals surface area contributed by atoms with Gasteiger partial charge < -0.3 is 10.4 Å². The van der Waals surface area contributed by atoms with Gasteiger partial charge in [-0.2, -0.15) is 0 Å². The molecule has 0 aliphatic heterocycles. The highest BCUT2D eigenvalue weighted by Crippen LogP contribution is 2.19. The van der Waals surface area contributed by atoms with E-state index >= 15 is 0 Å². The van der Waals surface area contributed by atoms with Crippen molar-refractivity contribution in [2.45, 2.75) is 33.2 Å². The molecule has 88 valence electrons. The van der Waals surface area contributed by atoms with Crippen LogP contribution in [-0.2, 0) is 0 Å². The molecule has 0 spiro atoms. The van der Waals surface area contributed by atoms with E-state index in [2.05, 4.69) is 32.2 Å². The first-order valence-corrected chi connectivity index (χ1v) is 5.79. The average molecular weight is 219 g/mol. The Morgan fingerprint density at radius 1 is 1.31 bits per heavy atom. The number of hydrogen-bond acceptors (Lipinski definition) is 2. The normalized spacial score (nSPS) is 12.2. The van der Waals surface area contributed by atoms with Crippen LogP contribution in [0.5, 0.6) is 5.75 Å². The number of phenols is 1.